The number of rotatable bonds is 1. The second-order valence-corrected chi connectivity index (χ2v) is 2.67. The zero-order valence-electron chi connectivity index (χ0n) is 6.87. The maximum absolute atomic E-state index is 12.8. The van der Waals surface area contributed by atoms with Gasteiger partial charge in [-0.25, -0.2) is 4.39 Å². The Morgan fingerprint density at radius 2 is 2.15 bits per heavy atom. The summed E-state index contributed by atoms with van der Waals surface area (Å²) in [6, 6.07) is 11.0. The van der Waals surface area contributed by atoms with Crippen molar-refractivity contribution in [3.63, 3.8) is 0 Å². The van der Waals surface area contributed by atoms with E-state index in [2.05, 4.69) is 11.1 Å². The highest BCUT2D eigenvalue weighted by molar-refractivity contribution is 5.61. The second kappa shape index (κ2) is 3.35. The van der Waals surface area contributed by atoms with Gasteiger partial charge in [-0.15, -0.1) is 0 Å². The van der Waals surface area contributed by atoms with Crippen molar-refractivity contribution in [1.29, 1.82) is 0 Å². The third-order valence-corrected chi connectivity index (χ3v) is 1.76. The number of aromatic nitrogens is 1. The average Bonchev–Trinajstić information content (AvgIpc) is 2.19. The van der Waals surface area contributed by atoms with Crippen LogP contribution in [0.4, 0.5) is 4.39 Å². The van der Waals surface area contributed by atoms with Gasteiger partial charge >= 0.3 is 0 Å². The average molecular weight is 172 g/mol. The first-order chi connectivity index (χ1) is 6.36. The van der Waals surface area contributed by atoms with E-state index >= 15 is 0 Å². The lowest BCUT2D eigenvalue weighted by molar-refractivity contribution is 0.626. The molecule has 0 unspecified atom stereocenters. The summed E-state index contributed by atoms with van der Waals surface area (Å²) < 4.78 is 12.8. The summed E-state index contributed by atoms with van der Waals surface area (Å²) in [4.78, 5) is 3.96. The lowest BCUT2D eigenvalue weighted by Gasteiger charge is -1.99. The minimum atomic E-state index is -0.346. The molecule has 0 aliphatic heterocycles. The SMILES string of the molecule is Fc1[c]ccc(-c2cccnc2)c1. The number of halogens is 1. The minimum Gasteiger partial charge on any atom is -0.264 e. The number of hydrogen-bond donors (Lipinski definition) is 0. The molecule has 1 nitrogen and oxygen atoms in total. The first-order valence-corrected chi connectivity index (χ1v) is 3.94. The van der Waals surface area contributed by atoms with Crippen LogP contribution in [-0.2, 0) is 0 Å². The quantitative estimate of drug-likeness (QED) is 0.644. The van der Waals surface area contributed by atoms with E-state index in [1.807, 2.05) is 12.1 Å². The summed E-state index contributed by atoms with van der Waals surface area (Å²) >= 11 is 0. The van der Waals surface area contributed by atoms with Gasteiger partial charge in [-0.3, -0.25) is 4.98 Å². The summed E-state index contributed by atoms with van der Waals surface area (Å²) in [5.41, 5.74) is 1.74. The van der Waals surface area contributed by atoms with Gasteiger partial charge in [0.15, 0.2) is 0 Å². The molecule has 0 amide bonds. The molecule has 1 aromatic heterocycles. The van der Waals surface area contributed by atoms with Crippen LogP contribution in [0.1, 0.15) is 0 Å². The smallest absolute Gasteiger partial charge is 0.131 e. The van der Waals surface area contributed by atoms with Crippen molar-refractivity contribution in [3.05, 3.63) is 54.6 Å². The molecule has 1 radical (unpaired) electrons. The zero-order valence-corrected chi connectivity index (χ0v) is 6.87. The van der Waals surface area contributed by atoms with E-state index in [-0.39, 0.29) is 5.82 Å². The van der Waals surface area contributed by atoms with Crippen LogP contribution in [0.2, 0.25) is 0 Å². The largest absolute Gasteiger partial charge is 0.264 e. The molecule has 0 spiro atoms. The third kappa shape index (κ3) is 1.72. The van der Waals surface area contributed by atoms with E-state index in [0.29, 0.717) is 0 Å². The standard InChI is InChI=1S/C11H7FN/c12-11-5-1-3-9(7-11)10-4-2-6-13-8-10/h1-4,6-8H. The van der Waals surface area contributed by atoms with E-state index in [1.54, 1.807) is 24.5 Å². The fourth-order valence-electron chi connectivity index (χ4n) is 1.15. The van der Waals surface area contributed by atoms with Gasteiger partial charge in [-0.05, 0) is 17.7 Å². The number of nitrogens with zero attached hydrogens (tertiary/aromatic N) is 1. The zero-order chi connectivity index (χ0) is 9.10. The Kier molecular flexibility index (Phi) is 2.04. The monoisotopic (exact) mass is 172 g/mol. The van der Waals surface area contributed by atoms with Gasteiger partial charge in [0.25, 0.3) is 0 Å². The van der Waals surface area contributed by atoms with E-state index in [4.69, 9.17) is 0 Å². The summed E-state index contributed by atoms with van der Waals surface area (Å²) in [6.07, 6.45) is 3.39. The van der Waals surface area contributed by atoms with Crippen LogP contribution in [0, 0.1) is 11.9 Å². The van der Waals surface area contributed by atoms with Crippen LogP contribution in [0.3, 0.4) is 0 Å². The molecule has 13 heavy (non-hydrogen) atoms. The van der Waals surface area contributed by atoms with Gasteiger partial charge in [0, 0.05) is 24.0 Å². The van der Waals surface area contributed by atoms with Crippen LogP contribution in [0.25, 0.3) is 11.1 Å². The first-order valence-electron chi connectivity index (χ1n) is 3.94. The number of benzene rings is 1. The van der Waals surface area contributed by atoms with Crippen molar-refractivity contribution in [1.82, 2.24) is 4.98 Å². The molecule has 0 aliphatic rings. The molecule has 0 bridgehead atoms. The van der Waals surface area contributed by atoms with Crippen LogP contribution < -0.4 is 0 Å². The van der Waals surface area contributed by atoms with Gasteiger partial charge < -0.3 is 0 Å². The molecule has 1 aromatic carbocycles. The van der Waals surface area contributed by atoms with Crippen LogP contribution in [0.5, 0.6) is 0 Å². The van der Waals surface area contributed by atoms with E-state index in [1.165, 1.54) is 6.07 Å². The molecule has 0 saturated carbocycles. The predicted octanol–water partition coefficient (Wildman–Crippen LogP) is 2.69. The van der Waals surface area contributed by atoms with Crippen molar-refractivity contribution < 1.29 is 4.39 Å². The summed E-state index contributed by atoms with van der Waals surface area (Å²) in [7, 11) is 0. The molecule has 0 saturated heterocycles. The molecule has 0 N–H and O–H groups in total. The summed E-state index contributed by atoms with van der Waals surface area (Å²) in [5, 5.41) is 0. The maximum Gasteiger partial charge on any atom is 0.131 e. The van der Waals surface area contributed by atoms with Gasteiger partial charge in [-0.2, -0.15) is 0 Å². The molecule has 2 rings (SSSR count). The highest BCUT2D eigenvalue weighted by atomic mass is 19.1. The van der Waals surface area contributed by atoms with E-state index < -0.39 is 0 Å². The molecule has 63 valence electrons. The fourth-order valence-corrected chi connectivity index (χ4v) is 1.15. The Labute approximate surface area is 75.9 Å². The van der Waals surface area contributed by atoms with Crippen LogP contribution in [0.15, 0.2) is 42.7 Å². The Balaban J connectivity index is 2.48. The molecule has 0 atom stereocenters. The lowest BCUT2D eigenvalue weighted by atomic mass is 10.1. The topological polar surface area (TPSA) is 12.9 Å². The van der Waals surface area contributed by atoms with Crippen molar-refractivity contribution in [2.75, 3.05) is 0 Å². The van der Waals surface area contributed by atoms with Gasteiger partial charge in [0.2, 0.25) is 0 Å². The normalized spacial score (nSPS) is 9.92. The van der Waals surface area contributed by atoms with Crippen molar-refractivity contribution in [2.45, 2.75) is 0 Å². The van der Waals surface area contributed by atoms with Crippen LogP contribution >= 0.6 is 0 Å². The highest BCUT2D eigenvalue weighted by Crippen LogP contribution is 2.17. The minimum absolute atomic E-state index is 0.346. The van der Waals surface area contributed by atoms with Crippen molar-refractivity contribution >= 4 is 0 Å². The Morgan fingerprint density at radius 3 is 2.85 bits per heavy atom. The van der Waals surface area contributed by atoms with E-state index in [0.717, 1.165) is 11.1 Å². The Morgan fingerprint density at radius 1 is 1.23 bits per heavy atom. The van der Waals surface area contributed by atoms with Gasteiger partial charge in [-0.1, -0.05) is 18.2 Å². The number of hydrogen-bond acceptors (Lipinski definition) is 1. The molecule has 2 aromatic rings. The Hall–Kier alpha value is -1.70. The fraction of sp³-hybridized carbons (Fsp3) is 0. The lowest BCUT2D eigenvalue weighted by Crippen LogP contribution is -1.80. The first kappa shape index (κ1) is 7.92. The molecule has 0 fully saturated rings. The predicted molar refractivity (Wildman–Crippen MR) is 48.5 cm³/mol. The highest BCUT2D eigenvalue weighted by Gasteiger charge is 1.97. The Bertz CT molecular complexity index is 398. The van der Waals surface area contributed by atoms with Gasteiger partial charge in [0.1, 0.15) is 5.82 Å². The van der Waals surface area contributed by atoms with Crippen molar-refractivity contribution in [2.24, 2.45) is 0 Å². The third-order valence-electron chi connectivity index (χ3n) is 1.76. The van der Waals surface area contributed by atoms with Crippen molar-refractivity contribution in [3.8, 4) is 11.1 Å². The molecule has 1 heterocycles. The van der Waals surface area contributed by atoms with Crippen LogP contribution in [-0.4, -0.2) is 4.98 Å². The molecular weight excluding hydrogens is 165 g/mol. The summed E-state index contributed by atoms with van der Waals surface area (Å²) in [5.74, 6) is -0.346. The maximum atomic E-state index is 12.8. The second-order valence-electron chi connectivity index (χ2n) is 2.67. The van der Waals surface area contributed by atoms with Gasteiger partial charge in [0.05, 0.1) is 0 Å². The summed E-state index contributed by atoms with van der Waals surface area (Å²) in [6.45, 7) is 0. The number of pyridine rings is 1. The molecule has 2 heteroatoms. The van der Waals surface area contributed by atoms with E-state index in [9.17, 15) is 4.39 Å². The molecule has 0 aliphatic carbocycles. The molecular formula is C11H7FN.